The SMILES string of the molecule is COc1ccc(COC(=O)C2=C(CSc3nc(N)cc(N)[n+]3-c3ccc(C)cc3C)CSC3C(NC(=O)/C(=N\OC(C)(C)C(=O)OC(C)(C)C)c4csc(NC(c5ccccc5)(c5ccccc5)c5ccccc5)n4)C(=O)N23)cc1. The van der Waals surface area contributed by atoms with E-state index in [1.807, 2.05) is 128 Å². The lowest BCUT2D eigenvalue weighted by Crippen LogP contribution is -2.71. The number of nitrogens with zero attached hydrogens (tertiary/aromatic N) is 5. The highest BCUT2D eigenvalue weighted by Gasteiger charge is 2.55. The Morgan fingerprint density at radius 1 is 0.838 bits per heavy atom. The highest BCUT2D eigenvalue weighted by Crippen LogP contribution is 2.43. The number of ether oxygens (including phenoxy) is 3. The molecular formula is C60H62N9O8S3+. The maximum Gasteiger partial charge on any atom is 0.355 e. The van der Waals surface area contributed by atoms with Crippen molar-refractivity contribution >= 4 is 81.1 Å². The molecule has 0 aliphatic carbocycles. The molecule has 20 heteroatoms. The lowest BCUT2D eigenvalue weighted by Gasteiger charge is -2.49. The number of carbonyl (C=O) groups is 4. The standard InChI is InChI=1S/C60H61N9O8S3/c1-36-24-29-45(37(2)30-36)68-47(62)31-46(61)64-57(68)80-34-39-33-78-53-49(52(71)69(53)50(39)54(72)75-32-38-25-27-43(74-8)28-26-38)65-51(70)48(67-77-59(6,7)55(73)76-58(3,4)5)44-35-79-56(63-44)66-60(40-18-12-9-13-19-40,41-20-14-10-15-21-41)42-22-16-11-17-23-42/h9-31,35,49,53H,32-34H2,1-8H3,(H5,61,62,63,65,66,70)/p+1/b67-48-. The minimum atomic E-state index is -1.67. The molecule has 2 aromatic heterocycles. The van der Waals surface area contributed by atoms with Crippen LogP contribution in [-0.4, -0.2) is 85.6 Å². The first-order chi connectivity index (χ1) is 38.3. The number of β-lactam (4-membered cyclic amide) rings is 1. The number of thiazole rings is 1. The molecule has 17 nitrogen and oxygen atoms in total. The first-order valence-electron chi connectivity index (χ1n) is 25.6. The molecule has 0 saturated carbocycles. The maximum atomic E-state index is 14.9. The summed E-state index contributed by atoms with van der Waals surface area (Å²) >= 11 is 3.90. The average Bonchev–Trinajstić information content (AvgIpc) is 4.06. The van der Waals surface area contributed by atoms with Crippen LogP contribution in [0.4, 0.5) is 16.8 Å². The third kappa shape index (κ3) is 12.2. The van der Waals surface area contributed by atoms with Gasteiger partial charge in [-0.05, 0) is 112 Å². The molecule has 6 N–H and O–H groups in total. The van der Waals surface area contributed by atoms with Crippen LogP contribution in [0.1, 0.15) is 73.7 Å². The zero-order chi connectivity index (χ0) is 56.9. The molecule has 1 fully saturated rings. The van der Waals surface area contributed by atoms with Crippen LogP contribution in [-0.2, 0) is 45.6 Å². The number of benzene rings is 5. The first kappa shape index (κ1) is 56.5. The number of nitrogens with one attached hydrogen (secondary N) is 2. The van der Waals surface area contributed by atoms with Crippen molar-refractivity contribution in [2.75, 3.05) is 35.4 Å². The zero-order valence-electron chi connectivity index (χ0n) is 45.5. The number of aryl methyl sites for hydroxylation is 2. The van der Waals surface area contributed by atoms with Gasteiger partial charge in [0.05, 0.1) is 13.2 Å². The summed E-state index contributed by atoms with van der Waals surface area (Å²) in [6.07, 6.45) is 0. The van der Waals surface area contributed by atoms with E-state index >= 15 is 0 Å². The minimum Gasteiger partial charge on any atom is -0.497 e. The second-order valence-corrected chi connectivity index (χ2v) is 23.5. The van der Waals surface area contributed by atoms with E-state index in [9.17, 15) is 19.2 Å². The van der Waals surface area contributed by atoms with Crippen LogP contribution in [0.2, 0.25) is 0 Å². The van der Waals surface area contributed by atoms with Gasteiger partial charge in [0.15, 0.2) is 10.8 Å². The summed E-state index contributed by atoms with van der Waals surface area (Å²) in [5.74, 6) is -1.19. The normalized spacial score (nSPS) is 15.6. The number of anilines is 3. The van der Waals surface area contributed by atoms with Gasteiger partial charge in [0, 0.05) is 16.9 Å². The largest absolute Gasteiger partial charge is 0.497 e. The first-order valence-corrected chi connectivity index (χ1v) is 28.5. The molecule has 2 aliphatic rings. The van der Waals surface area contributed by atoms with E-state index in [0.29, 0.717) is 33.0 Å². The van der Waals surface area contributed by atoms with Crippen LogP contribution in [0.3, 0.4) is 0 Å². The smallest absolute Gasteiger partial charge is 0.355 e. The number of fused-ring (bicyclic) bond motifs is 1. The van der Waals surface area contributed by atoms with Crippen LogP contribution in [0, 0.1) is 13.8 Å². The summed E-state index contributed by atoms with van der Waals surface area (Å²) in [4.78, 5) is 74.5. The molecule has 2 aliphatic heterocycles. The Labute approximate surface area is 477 Å². The van der Waals surface area contributed by atoms with Crippen molar-refractivity contribution in [2.24, 2.45) is 5.16 Å². The number of oxime groups is 1. The molecule has 2 amide bonds. The highest BCUT2D eigenvalue weighted by molar-refractivity contribution is 8.01. The van der Waals surface area contributed by atoms with Crippen molar-refractivity contribution in [3.63, 3.8) is 0 Å². The molecule has 5 aromatic carbocycles. The number of rotatable bonds is 19. The van der Waals surface area contributed by atoms with Crippen LogP contribution in [0.5, 0.6) is 5.75 Å². The van der Waals surface area contributed by atoms with E-state index in [0.717, 1.165) is 33.5 Å². The number of aromatic nitrogens is 3. The monoisotopic (exact) mass is 1130 g/mol. The van der Waals surface area contributed by atoms with Crippen LogP contribution in [0.25, 0.3) is 5.69 Å². The second-order valence-electron chi connectivity index (χ2n) is 20.6. The van der Waals surface area contributed by atoms with Crippen molar-refractivity contribution in [1.82, 2.24) is 20.2 Å². The molecule has 412 valence electrons. The Kier molecular flexibility index (Phi) is 16.7. The summed E-state index contributed by atoms with van der Waals surface area (Å²) in [7, 11) is 1.56. The minimum absolute atomic E-state index is 0.0467. The molecule has 9 rings (SSSR count). The number of nitrogens with two attached hydrogens (primary N) is 2. The van der Waals surface area contributed by atoms with Gasteiger partial charge >= 0.3 is 17.1 Å². The number of carbonyl (C=O) groups excluding carboxylic acids is 4. The summed E-state index contributed by atoms with van der Waals surface area (Å²) in [5, 5.41) is 12.7. The number of nitrogen functional groups attached to an aromatic ring is 2. The quantitative estimate of drug-likeness (QED) is 0.00866. The highest BCUT2D eigenvalue weighted by atomic mass is 32.2. The van der Waals surface area contributed by atoms with Crippen LogP contribution < -0.4 is 31.4 Å². The zero-order valence-corrected chi connectivity index (χ0v) is 48.0. The van der Waals surface area contributed by atoms with Gasteiger partial charge in [-0.25, -0.2) is 14.6 Å². The lowest BCUT2D eigenvalue weighted by molar-refractivity contribution is -0.626. The van der Waals surface area contributed by atoms with Crippen molar-refractivity contribution in [2.45, 2.75) is 88.4 Å². The number of thioether (sulfide) groups is 2. The number of amides is 2. The van der Waals surface area contributed by atoms with Gasteiger partial charge < -0.3 is 41.1 Å². The van der Waals surface area contributed by atoms with Gasteiger partial charge in [-0.3, -0.25) is 14.5 Å². The fourth-order valence-electron chi connectivity index (χ4n) is 9.18. The molecule has 0 radical (unpaired) electrons. The Bertz CT molecular complexity index is 3400. The van der Waals surface area contributed by atoms with Crippen LogP contribution >= 0.6 is 34.9 Å². The predicted octanol–water partition coefficient (Wildman–Crippen LogP) is 9.04. The molecular weight excluding hydrogens is 1070 g/mol. The molecule has 1 saturated heterocycles. The van der Waals surface area contributed by atoms with Crippen molar-refractivity contribution in [1.29, 1.82) is 0 Å². The van der Waals surface area contributed by atoms with Gasteiger partial charge in [0.2, 0.25) is 17.2 Å². The Balaban J connectivity index is 1.04. The Hall–Kier alpha value is -8.20. The molecule has 2 atom stereocenters. The van der Waals surface area contributed by atoms with E-state index in [1.54, 1.807) is 63.6 Å². The van der Waals surface area contributed by atoms with E-state index < -0.39 is 51.9 Å². The molecule has 4 heterocycles. The van der Waals surface area contributed by atoms with Crippen molar-refractivity contribution in [3.05, 3.63) is 195 Å². The van der Waals surface area contributed by atoms with E-state index in [4.69, 9.17) is 35.5 Å². The van der Waals surface area contributed by atoms with E-state index in [1.165, 1.54) is 53.6 Å². The number of methoxy groups -OCH3 is 1. The number of hydrogen-bond donors (Lipinski definition) is 4. The molecule has 0 spiro atoms. The Morgan fingerprint density at radius 3 is 2.05 bits per heavy atom. The summed E-state index contributed by atoms with van der Waals surface area (Å²) in [6, 6.07) is 43.4. The molecule has 7 aromatic rings. The third-order valence-electron chi connectivity index (χ3n) is 13.1. The molecule has 2 unspecified atom stereocenters. The number of esters is 2. The Morgan fingerprint density at radius 2 is 1.46 bits per heavy atom. The summed E-state index contributed by atoms with van der Waals surface area (Å²) < 4.78 is 18.7. The van der Waals surface area contributed by atoms with Gasteiger partial charge in [-0.15, -0.1) is 23.1 Å². The van der Waals surface area contributed by atoms with Gasteiger partial charge in [0.25, 0.3) is 11.8 Å². The maximum absolute atomic E-state index is 14.9. The molecule has 0 bridgehead atoms. The van der Waals surface area contributed by atoms with Crippen molar-refractivity contribution in [3.8, 4) is 11.4 Å². The molecule has 80 heavy (non-hydrogen) atoms. The van der Waals surface area contributed by atoms with Crippen molar-refractivity contribution < 1.29 is 42.8 Å². The topological polar surface area (TPSA) is 227 Å². The second kappa shape index (κ2) is 23.6. The van der Waals surface area contributed by atoms with Crippen LogP contribution in [0.15, 0.2) is 166 Å². The average molecular weight is 1130 g/mol. The van der Waals surface area contributed by atoms with E-state index in [-0.39, 0.29) is 41.0 Å². The summed E-state index contributed by atoms with van der Waals surface area (Å²) in [6.45, 7) is 12.0. The number of hydrogen-bond acceptors (Lipinski definition) is 17. The third-order valence-corrected chi connectivity index (χ3v) is 16.2. The lowest BCUT2D eigenvalue weighted by atomic mass is 9.77. The fourth-order valence-corrected chi connectivity index (χ4v) is 12.5. The van der Waals surface area contributed by atoms with Gasteiger partial charge in [-0.1, -0.05) is 131 Å². The summed E-state index contributed by atoms with van der Waals surface area (Å²) in [5.41, 5.74) is 16.1. The fraction of sp³-hybridized carbons (Fsp3) is 0.267. The van der Waals surface area contributed by atoms with Gasteiger partial charge in [-0.2, -0.15) is 4.57 Å². The predicted molar refractivity (Wildman–Crippen MR) is 312 cm³/mol. The van der Waals surface area contributed by atoms with E-state index in [2.05, 4.69) is 20.8 Å². The van der Waals surface area contributed by atoms with Gasteiger partial charge in [0.1, 0.15) is 52.0 Å².